The van der Waals surface area contributed by atoms with Gasteiger partial charge in [-0.15, -0.1) is 5.10 Å². The lowest BCUT2D eigenvalue weighted by Gasteiger charge is -2.36. The van der Waals surface area contributed by atoms with Crippen LogP contribution >= 0.6 is 0 Å². The van der Waals surface area contributed by atoms with Crippen molar-refractivity contribution in [3.63, 3.8) is 0 Å². The zero-order valence-electron chi connectivity index (χ0n) is 11.2. The first kappa shape index (κ1) is 13.0. The Bertz CT molecular complexity index is 529. The molecule has 0 radical (unpaired) electrons. The molecule has 0 unspecified atom stereocenters. The molecule has 2 saturated heterocycles. The number of nitrogens with one attached hydrogen (secondary N) is 2. The highest BCUT2D eigenvalue weighted by atomic mass is 16.6. The monoisotopic (exact) mass is 279 g/mol. The second kappa shape index (κ2) is 4.86. The maximum atomic E-state index is 12.0. The van der Waals surface area contributed by atoms with Gasteiger partial charge < -0.3 is 20.3 Å². The number of H-pyrrole nitrogens is 1. The van der Waals surface area contributed by atoms with E-state index in [4.69, 9.17) is 0 Å². The van der Waals surface area contributed by atoms with Gasteiger partial charge in [-0.25, -0.2) is 0 Å². The Morgan fingerprint density at radius 3 is 2.70 bits per heavy atom. The summed E-state index contributed by atoms with van der Waals surface area (Å²) in [5.41, 5.74) is 0.0722. The third-order valence-electron chi connectivity index (χ3n) is 4.43. The molecule has 2 fully saturated rings. The van der Waals surface area contributed by atoms with Gasteiger partial charge in [-0.3, -0.25) is 4.79 Å². The van der Waals surface area contributed by atoms with E-state index in [1.165, 1.54) is 18.9 Å². The Balaban J connectivity index is 1.63. The lowest BCUT2D eigenvalue weighted by atomic mass is 9.98. The van der Waals surface area contributed by atoms with Crippen molar-refractivity contribution in [1.29, 1.82) is 0 Å². The number of nitrogens with zero attached hydrogens (tertiary/aromatic N) is 3. The molecule has 0 aromatic carbocycles. The number of carbonyl (C=O) groups excluding carboxylic acids is 1. The molecule has 8 nitrogen and oxygen atoms in total. The van der Waals surface area contributed by atoms with E-state index in [9.17, 15) is 14.9 Å². The van der Waals surface area contributed by atoms with Gasteiger partial charge in [-0.05, 0) is 37.7 Å². The summed E-state index contributed by atoms with van der Waals surface area (Å²) in [5, 5.41) is 19.4. The Morgan fingerprint density at radius 2 is 2.15 bits per heavy atom. The van der Waals surface area contributed by atoms with Crippen LogP contribution in [0.3, 0.4) is 0 Å². The maximum absolute atomic E-state index is 12.0. The van der Waals surface area contributed by atoms with Crippen LogP contribution in [0.15, 0.2) is 6.07 Å². The summed E-state index contributed by atoms with van der Waals surface area (Å²) in [4.78, 5) is 24.4. The molecule has 2 aliphatic heterocycles. The quantitative estimate of drug-likeness (QED) is 0.625. The molecule has 20 heavy (non-hydrogen) atoms. The second-order valence-electron chi connectivity index (χ2n) is 5.59. The molecule has 1 aromatic rings. The normalized spacial score (nSPS) is 29.4. The molecule has 108 valence electrons. The van der Waals surface area contributed by atoms with Crippen LogP contribution in [-0.4, -0.2) is 51.1 Å². The number of rotatable bonds is 3. The predicted octanol–water partition coefficient (Wildman–Crippen LogP) is 0.673. The standard InChI is InChI=1S/C12H17N5O3/c1-16-8-2-3-9(16)5-7(4-8)13-12(18)10-6-11(15-14-10)17(19)20/h6-9H,2-5H2,1H3,(H,13,18)(H,14,15)/t8-,9-/m0/s1. The summed E-state index contributed by atoms with van der Waals surface area (Å²) in [6.07, 6.45) is 4.24. The summed E-state index contributed by atoms with van der Waals surface area (Å²) >= 11 is 0. The number of hydrogen-bond donors (Lipinski definition) is 2. The smallest absolute Gasteiger partial charge is 0.343 e. The van der Waals surface area contributed by atoms with Crippen molar-refractivity contribution in [3.8, 4) is 0 Å². The van der Waals surface area contributed by atoms with Gasteiger partial charge in [0.25, 0.3) is 5.91 Å². The average Bonchev–Trinajstić information content (AvgIpc) is 2.95. The molecule has 1 amide bonds. The number of aromatic amines is 1. The molecule has 1 aromatic heterocycles. The number of aromatic nitrogens is 2. The number of fused-ring (bicyclic) bond motifs is 2. The van der Waals surface area contributed by atoms with E-state index in [-0.39, 0.29) is 23.5 Å². The molecule has 8 heteroatoms. The van der Waals surface area contributed by atoms with Gasteiger partial charge in [-0.2, -0.15) is 0 Å². The van der Waals surface area contributed by atoms with Crippen molar-refractivity contribution >= 4 is 11.7 Å². The molecule has 2 bridgehead atoms. The SMILES string of the molecule is CN1[C@H]2CC[C@H]1CC(NC(=O)c1cc([N+](=O)[O-])[nH]n1)C2. The second-order valence-corrected chi connectivity index (χ2v) is 5.59. The van der Waals surface area contributed by atoms with Gasteiger partial charge in [0, 0.05) is 18.1 Å². The zero-order valence-corrected chi connectivity index (χ0v) is 11.2. The average molecular weight is 279 g/mol. The number of hydrogen-bond acceptors (Lipinski definition) is 5. The minimum atomic E-state index is -0.598. The summed E-state index contributed by atoms with van der Waals surface area (Å²) in [6.45, 7) is 0. The largest absolute Gasteiger partial charge is 0.358 e. The van der Waals surface area contributed by atoms with Crippen LogP contribution in [-0.2, 0) is 0 Å². The maximum Gasteiger partial charge on any atom is 0.343 e. The van der Waals surface area contributed by atoms with E-state index in [1.807, 2.05) is 0 Å². The van der Waals surface area contributed by atoms with E-state index in [0.717, 1.165) is 12.8 Å². The molecule has 2 aliphatic rings. The topological polar surface area (TPSA) is 104 Å². The van der Waals surface area contributed by atoms with Gasteiger partial charge in [0.15, 0.2) is 5.69 Å². The lowest BCUT2D eigenvalue weighted by Crippen LogP contribution is -2.48. The number of nitro groups is 1. The number of carbonyl (C=O) groups is 1. The molecule has 3 heterocycles. The van der Waals surface area contributed by atoms with Crippen molar-refractivity contribution in [2.75, 3.05) is 7.05 Å². The third-order valence-corrected chi connectivity index (χ3v) is 4.43. The Labute approximate surface area is 115 Å². The van der Waals surface area contributed by atoms with Gasteiger partial charge in [0.05, 0.1) is 6.07 Å². The molecule has 0 aliphatic carbocycles. The van der Waals surface area contributed by atoms with Gasteiger partial charge in [0.1, 0.15) is 0 Å². The first-order chi connectivity index (χ1) is 9.54. The van der Waals surface area contributed by atoms with E-state index in [0.29, 0.717) is 12.1 Å². The van der Waals surface area contributed by atoms with Gasteiger partial charge in [0.2, 0.25) is 0 Å². The van der Waals surface area contributed by atoms with Crippen molar-refractivity contribution in [1.82, 2.24) is 20.4 Å². The number of amides is 1. The van der Waals surface area contributed by atoms with Crippen LogP contribution < -0.4 is 5.32 Å². The molecule has 2 atom stereocenters. The Kier molecular flexibility index (Phi) is 3.17. The van der Waals surface area contributed by atoms with Crippen LogP contribution in [0, 0.1) is 10.1 Å². The fourth-order valence-corrected chi connectivity index (χ4v) is 3.31. The summed E-state index contributed by atoms with van der Waals surface area (Å²) in [6, 6.07) is 2.37. The highest BCUT2D eigenvalue weighted by Gasteiger charge is 2.39. The summed E-state index contributed by atoms with van der Waals surface area (Å²) < 4.78 is 0. The highest BCUT2D eigenvalue weighted by Crippen LogP contribution is 2.34. The summed E-state index contributed by atoms with van der Waals surface area (Å²) in [5.74, 6) is -0.609. The molecule has 0 saturated carbocycles. The van der Waals surface area contributed by atoms with E-state index >= 15 is 0 Å². The molecular formula is C12H17N5O3. The van der Waals surface area contributed by atoms with Crippen LogP contribution in [0.4, 0.5) is 5.82 Å². The predicted molar refractivity (Wildman–Crippen MR) is 70.3 cm³/mol. The zero-order chi connectivity index (χ0) is 14.3. The van der Waals surface area contributed by atoms with Gasteiger partial charge >= 0.3 is 5.82 Å². The Morgan fingerprint density at radius 1 is 1.50 bits per heavy atom. The first-order valence-corrected chi connectivity index (χ1v) is 6.77. The van der Waals surface area contributed by atoms with Crippen molar-refractivity contribution in [3.05, 3.63) is 21.9 Å². The highest BCUT2D eigenvalue weighted by molar-refractivity contribution is 5.92. The van der Waals surface area contributed by atoms with Gasteiger partial charge in [-0.1, -0.05) is 5.10 Å². The van der Waals surface area contributed by atoms with Crippen LogP contribution in [0.1, 0.15) is 36.2 Å². The minimum absolute atomic E-state index is 0.0722. The first-order valence-electron chi connectivity index (χ1n) is 6.77. The van der Waals surface area contributed by atoms with Crippen molar-refractivity contribution in [2.45, 2.75) is 43.8 Å². The Hall–Kier alpha value is -1.96. The summed E-state index contributed by atoms with van der Waals surface area (Å²) in [7, 11) is 2.14. The fourth-order valence-electron chi connectivity index (χ4n) is 3.31. The van der Waals surface area contributed by atoms with Crippen LogP contribution in [0.5, 0.6) is 0 Å². The molecule has 2 N–H and O–H groups in total. The molecule has 0 spiro atoms. The van der Waals surface area contributed by atoms with E-state index < -0.39 is 4.92 Å². The molecule has 3 rings (SSSR count). The fraction of sp³-hybridized carbons (Fsp3) is 0.667. The van der Waals surface area contributed by atoms with Crippen LogP contribution in [0.2, 0.25) is 0 Å². The third kappa shape index (κ3) is 2.26. The molecular weight excluding hydrogens is 262 g/mol. The lowest BCUT2D eigenvalue weighted by molar-refractivity contribution is -0.389. The van der Waals surface area contributed by atoms with E-state index in [2.05, 4.69) is 27.5 Å². The van der Waals surface area contributed by atoms with Crippen molar-refractivity contribution < 1.29 is 9.72 Å². The van der Waals surface area contributed by atoms with E-state index in [1.54, 1.807) is 0 Å². The minimum Gasteiger partial charge on any atom is -0.358 e. The van der Waals surface area contributed by atoms with Crippen molar-refractivity contribution in [2.24, 2.45) is 0 Å². The number of piperidine rings is 1. The van der Waals surface area contributed by atoms with Crippen LogP contribution in [0.25, 0.3) is 0 Å².